The maximum atomic E-state index is 12.0. The van der Waals surface area contributed by atoms with Crippen LogP contribution in [-0.2, 0) is 0 Å². The van der Waals surface area contributed by atoms with E-state index >= 15 is 0 Å². The summed E-state index contributed by atoms with van der Waals surface area (Å²) in [6.45, 7) is 5.98. The van der Waals surface area contributed by atoms with Gasteiger partial charge in [-0.25, -0.2) is 0 Å². The summed E-state index contributed by atoms with van der Waals surface area (Å²) in [5.41, 5.74) is 0.254. The minimum atomic E-state index is -0.265. The van der Waals surface area contributed by atoms with Crippen LogP contribution in [0, 0.1) is 0 Å². The monoisotopic (exact) mass is 221 g/mol. The lowest BCUT2D eigenvalue weighted by Crippen LogP contribution is -2.40. The van der Waals surface area contributed by atoms with Gasteiger partial charge in [-0.3, -0.25) is 4.79 Å². The van der Waals surface area contributed by atoms with Crippen LogP contribution in [0.2, 0.25) is 0 Å². The summed E-state index contributed by atoms with van der Waals surface area (Å²) in [5, 5.41) is 2.89. The Labute approximate surface area is 94.6 Å². The van der Waals surface area contributed by atoms with Crippen molar-refractivity contribution in [1.29, 1.82) is 0 Å². The molecular weight excluding hydrogens is 206 g/mol. The van der Waals surface area contributed by atoms with Crippen LogP contribution in [-0.4, -0.2) is 18.2 Å². The number of para-hydroxylation sites is 1. The van der Waals surface area contributed by atoms with Gasteiger partial charge >= 0.3 is 0 Å². The third-order valence-electron chi connectivity index (χ3n) is 2.13. The first kappa shape index (κ1) is 10.8. The van der Waals surface area contributed by atoms with Gasteiger partial charge in [-0.2, -0.15) is 0 Å². The highest BCUT2D eigenvalue weighted by atomic mass is 16.7. The predicted octanol–water partition coefficient (Wildman–Crippen LogP) is 1.94. The van der Waals surface area contributed by atoms with Crippen LogP contribution in [0.1, 0.15) is 31.1 Å². The highest BCUT2D eigenvalue weighted by Gasteiger charge is 2.23. The number of carbonyl (C=O) groups excluding carboxylic acids is 1. The van der Waals surface area contributed by atoms with Gasteiger partial charge in [0.2, 0.25) is 6.79 Å². The van der Waals surface area contributed by atoms with E-state index in [1.54, 1.807) is 18.2 Å². The van der Waals surface area contributed by atoms with E-state index in [9.17, 15) is 4.79 Å². The SMILES string of the molecule is CC(C)(C)NC(=O)c1cccc2c1OCO2. The van der Waals surface area contributed by atoms with Crippen LogP contribution in [0.15, 0.2) is 18.2 Å². The number of carbonyl (C=O) groups is 1. The first-order chi connectivity index (χ1) is 7.47. The van der Waals surface area contributed by atoms with E-state index in [4.69, 9.17) is 9.47 Å². The molecule has 1 aromatic carbocycles. The second kappa shape index (κ2) is 3.70. The Morgan fingerprint density at radius 1 is 1.31 bits per heavy atom. The minimum Gasteiger partial charge on any atom is -0.454 e. The Morgan fingerprint density at radius 3 is 2.75 bits per heavy atom. The zero-order valence-electron chi connectivity index (χ0n) is 9.66. The number of ether oxygens (including phenoxy) is 2. The Morgan fingerprint density at radius 2 is 2.06 bits per heavy atom. The van der Waals surface area contributed by atoms with Crippen molar-refractivity contribution in [1.82, 2.24) is 5.32 Å². The first-order valence-electron chi connectivity index (χ1n) is 5.18. The number of nitrogens with one attached hydrogen (secondary N) is 1. The predicted molar refractivity (Wildman–Crippen MR) is 59.8 cm³/mol. The molecule has 4 nitrogen and oxygen atoms in total. The summed E-state index contributed by atoms with van der Waals surface area (Å²) in [7, 11) is 0. The van der Waals surface area contributed by atoms with Crippen molar-refractivity contribution in [2.75, 3.05) is 6.79 Å². The Balaban J connectivity index is 2.28. The van der Waals surface area contributed by atoms with Crippen molar-refractivity contribution in [3.05, 3.63) is 23.8 Å². The average molecular weight is 221 g/mol. The van der Waals surface area contributed by atoms with Crippen LogP contribution in [0.5, 0.6) is 11.5 Å². The van der Waals surface area contributed by atoms with Gasteiger partial charge in [0.05, 0.1) is 5.56 Å². The van der Waals surface area contributed by atoms with Gasteiger partial charge in [0.25, 0.3) is 5.91 Å². The van der Waals surface area contributed by atoms with Gasteiger partial charge in [-0.05, 0) is 32.9 Å². The molecule has 1 amide bonds. The third kappa shape index (κ3) is 2.10. The smallest absolute Gasteiger partial charge is 0.255 e. The standard InChI is InChI=1S/C12H15NO3/c1-12(2,3)13-11(14)8-5-4-6-9-10(8)16-7-15-9/h4-6H,7H2,1-3H3,(H,13,14). The van der Waals surface area contributed by atoms with Gasteiger partial charge in [0.1, 0.15) is 0 Å². The van der Waals surface area contributed by atoms with E-state index in [-0.39, 0.29) is 18.2 Å². The van der Waals surface area contributed by atoms with Gasteiger partial charge in [-0.1, -0.05) is 6.07 Å². The quantitative estimate of drug-likeness (QED) is 0.788. The summed E-state index contributed by atoms with van der Waals surface area (Å²) in [6.07, 6.45) is 0. The molecule has 0 saturated heterocycles. The lowest BCUT2D eigenvalue weighted by atomic mass is 10.1. The Bertz CT molecular complexity index is 421. The minimum absolute atomic E-state index is 0.144. The normalized spacial score (nSPS) is 13.7. The van der Waals surface area contributed by atoms with Crippen molar-refractivity contribution in [2.45, 2.75) is 26.3 Å². The van der Waals surface area contributed by atoms with E-state index in [0.29, 0.717) is 17.1 Å². The molecule has 86 valence electrons. The number of fused-ring (bicyclic) bond motifs is 1. The fourth-order valence-corrected chi connectivity index (χ4v) is 1.52. The van der Waals surface area contributed by atoms with Gasteiger partial charge in [0.15, 0.2) is 11.5 Å². The summed E-state index contributed by atoms with van der Waals surface area (Å²) < 4.78 is 10.5. The molecule has 1 heterocycles. The lowest BCUT2D eigenvalue weighted by molar-refractivity contribution is 0.0915. The second-order valence-electron chi connectivity index (χ2n) is 4.74. The van der Waals surface area contributed by atoms with Gasteiger partial charge < -0.3 is 14.8 Å². The van der Waals surface area contributed by atoms with Crippen LogP contribution in [0.4, 0.5) is 0 Å². The van der Waals surface area contributed by atoms with E-state index in [1.165, 1.54) is 0 Å². The molecule has 0 aromatic heterocycles. The highest BCUT2D eigenvalue weighted by Crippen LogP contribution is 2.35. The summed E-state index contributed by atoms with van der Waals surface area (Å²) in [6, 6.07) is 5.30. The molecule has 0 atom stereocenters. The summed E-state index contributed by atoms with van der Waals surface area (Å²) in [4.78, 5) is 12.0. The molecule has 16 heavy (non-hydrogen) atoms. The molecule has 0 aliphatic carbocycles. The second-order valence-corrected chi connectivity index (χ2v) is 4.74. The van der Waals surface area contributed by atoms with Gasteiger partial charge in [0, 0.05) is 5.54 Å². The fraction of sp³-hybridized carbons (Fsp3) is 0.417. The molecule has 1 aliphatic heterocycles. The summed E-state index contributed by atoms with van der Waals surface area (Å²) >= 11 is 0. The first-order valence-corrected chi connectivity index (χ1v) is 5.18. The van der Waals surface area contributed by atoms with Crippen molar-refractivity contribution in [3.8, 4) is 11.5 Å². The fourth-order valence-electron chi connectivity index (χ4n) is 1.52. The molecule has 0 spiro atoms. The molecule has 0 bridgehead atoms. The number of benzene rings is 1. The molecule has 0 unspecified atom stereocenters. The molecule has 0 fully saturated rings. The topological polar surface area (TPSA) is 47.6 Å². The van der Waals surface area contributed by atoms with Crippen LogP contribution in [0.25, 0.3) is 0 Å². The van der Waals surface area contributed by atoms with E-state index in [0.717, 1.165) is 0 Å². The molecule has 0 saturated carbocycles. The molecule has 1 N–H and O–H groups in total. The van der Waals surface area contributed by atoms with Crippen molar-refractivity contribution >= 4 is 5.91 Å². The van der Waals surface area contributed by atoms with Crippen LogP contribution >= 0.6 is 0 Å². The maximum absolute atomic E-state index is 12.0. The molecular formula is C12H15NO3. The zero-order chi connectivity index (χ0) is 11.8. The maximum Gasteiger partial charge on any atom is 0.255 e. The largest absolute Gasteiger partial charge is 0.454 e. The van der Waals surface area contributed by atoms with E-state index in [1.807, 2.05) is 20.8 Å². The Kier molecular flexibility index (Phi) is 2.50. The third-order valence-corrected chi connectivity index (χ3v) is 2.13. The summed E-state index contributed by atoms with van der Waals surface area (Å²) in [5.74, 6) is 1.01. The molecule has 4 heteroatoms. The number of hydrogen-bond donors (Lipinski definition) is 1. The zero-order valence-corrected chi connectivity index (χ0v) is 9.66. The molecule has 0 radical (unpaired) electrons. The lowest BCUT2D eigenvalue weighted by Gasteiger charge is -2.20. The van der Waals surface area contributed by atoms with Crippen molar-refractivity contribution in [2.24, 2.45) is 0 Å². The van der Waals surface area contributed by atoms with E-state index < -0.39 is 0 Å². The number of rotatable bonds is 1. The Hall–Kier alpha value is -1.71. The van der Waals surface area contributed by atoms with Crippen molar-refractivity contribution in [3.63, 3.8) is 0 Å². The molecule has 2 rings (SSSR count). The van der Waals surface area contributed by atoms with Crippen molar-refractivity contribution < 1.29 is 14.3 Å². The van der Waals surface area contributed by atoms with Gasteiger partial charge in [-0.15, -0.1) is 0 Å². The number of hydrogen-bond acceptors (Lipinski definition) is 3. The highest BCUT2D eigenvalue weighted by molar-refractivity contribution is 5.98. The molecule has 1 aliphatic rings. The van der Waals surface area contributed by atoms with Crippen LogP contribution < -0.4 is 14.8 Å². The molecule has 1 aromatic rings. The average Bonchev–Trinajstić information content (AvgIpc) is 2.61. The van der Waals surface area contributed by atoms with Crippen LogP contribution in [0.3, 0.4) is 0 Å². The van der Waals surface area contributed by atoms with E-state index in [2.05, 4.69) is 5.32 Å². The number of amides is 1.